The van der Waals surface area contributed by atoms with Crippen molar-refractivity contribution < 1.29 is 5.11 Å². The van der Waals surface area contributed by atoms with E-state index in [-0.39, 0.29) is 0 Å². The van der Waals surface area contributed by atoms with E-state index in [1.54, 1.807) is 0 Å². The van der Waals surface area contributed by atoms with E-state index in [9.17, 15) is 5.11 Å². The first kappa shape index (κ1) is 17.0. The normalized spacial score (nSPS) is 15.9. The molecule has 0 aliphatic carbocycles. The largest absolute Gasteiger partial charge is 0.387 e. The summed E-state index contributed by atoms with van der Waals surface area (Å²) in [6, 6.07) is 16.2. The molecule has 126 valence electrons. The standard InChI is InChI=1S/C20H23ClN2O/c1-15(23-10-9-16-5-2-3-6-18(16)14-23)12-22-13-20(24)17-7-4-8-19(21)11-17/h2-11,15,20,22,24H,12-14H2,1H3/t15-,20?/m1/s1. The number of aliphatic hydroxyl groups is 1. The molecule has 0 amide bonds. The second kappa shape index (κ2) is 7.84. The molecule has 0 radical (unpaired) electrons. The Morgan fingerprint density at radius 3 is 2.83 bits per heavy atom. The van der Waals surface area contributed by atoms with Crippen LogP contribution in [0, 0.1) is 0 Å². The van der Waals surface area contributed by atoms with Gasteiger partial charge < -0.3 is 15.3 Å². The smallest absolute Gasteiger partial charge is 0.0914 e. The zero-order valence-corrected chi connectivity index (χ0v) is 14.6. The van der Waals surface area contributed by atoms with E-state index in [1.165, 1.54) is 11.1 Å². The molecule has 1 unspecified atom stereocenters. The number of fused-ring (bicyclic) bond motifs is 1. The topological polar surface area (TPSA) is 35.5 Å². The first-order chi connectivity index (χ1) is 11.6. The molecule has 1 aliphatic heterocycles. The first-order valence-corrected chi connectivity index (χ1v) is 8.67. The fraction of sp³-hybridized carbons (Fsp3) is 0.300. The van der Waals surface area contributed by atoms with Crippen molar-refractivity contribution in [3.63, 3.8) is 0 Å². The zero-order valence-electron chi connectivity index (χ0n) is 13.8. The number of hydrogen-bond donors (Lipinski definition) is 2. The van der Waals surface area contributed by atoms with Gasteiger partial charge in [-0.05, 0) is 41.8 Å². The number of aliphatic hydroxyl groups excluding tert-OH is 1. The maximum atomic E-state index is 10.2. The van der Waals surface area contributed by atoms with Crippen LogP contribution in [0.3, 0.4) is 0 Å². The number of nitrogens with one attached hydrogen (secondary N) is 1. The second-order valence-electron chi connectivity index (χ2n) is 6.26. The minimum absolute atomic E-state index is 0.348. The summed E-state index contributed by atoms with van der Waals surface area (Å²) < 4.78 is 0. The fourth-order valence-electron chi connectivity index (χ4n) is 2.95. The van der Waals surface area contributed by atoms with Crippen LogP contribution in [-0.2, 0) is 6.54 Å². The molecule has 0 fully saturated rings. The molecule has 0 bridgehead atoms. The fourth-order valence-corrected chi connectivity index (χ4v) is 3.15. The van der Waals surface area contributed by atoms with E-state index < -0.39 is 6.10 Å². The maximum Gasteiger partial charge on any atom is 0.0914 e. The van der Waals surface area contributed by atoms with Crippen molar-refractivity contribution >= 4 is 17.7 Å². The number of hydrogen-bond acceptors (Lipinski definition) is 3. The Bertz CT molecular complexity index is 716. The highest BCUT2D eigenvalue weighted by atomic mass is 35.5. The van der Waals surface area contributed by atoms with Gasteiger partial charge in [0.15, 0.2) is 0 Å². The average molecular weight is 343 g/mol. The SMILES string of the molecule is C[C@H](CNCC(O)c1cccc(Cl)c1)N1C=Cc2ccccc2C1. The molecule has 3 rings (SSSR count). The molecular weight excluding hydrogens is 320 g/mol. The molecule has 24 heavy (non-hydrogen) atoms. The number of halogens is 1. The van der Waals surface area contributed by atoms with Crippen LogP contribution >= 0.6 is 11.6 Å². The Morgan fingerprint density at radius 2 is 2.00 bits per heavy atom. The Hall–Kier alpha value is -1.81. The summed E-state index contributed by atoms with van der Waals surface area (Å²) in [5, 5.41) is 14.3. The molecule has 1 heterocycles. The Morgan fingerprint density at radius 1 is 1.17 bits per heavy atom. The van der Waals surface area contributed by atoms with E-state index in [1.807, 2.05) is 24.3 Å². The van der Waals surface area contributed by atoms with Gasteiger partial charge in [0.1, 0.15) is 0 Å². The summed E-state index contributed by atoms with van der Waals surface area (Å²) in [7, 11) is 0. The molecule has 2 aromatic carbocycles. The van der Waals surface area contributed by atoms with Crippen molar-refractivity contribution in [2.45, 2.75) is 25.6 Å². The van der Waals surface area contributed by atoms with E-state index in [0.29, 0.717) is 17.6 Å². The minimum Gasteiger partial charge on any atom is -0.387 e. The molecular formula is C20H23ClN2O. The van der Waals surface area contributed by atoms with Crippen molar-refractivity contribution in [2.75, 3.05) is 13.1 Å². The van der Waals surface area contributed by atoms with Crippen LogP contribution in [0.15, 0.2) is 54.7 Å². The molecule has 0 spiro atoms. The van der Waals surface area contributed by atoms with Crippen molar-refractivity contribution in [3.8, 4) is 0 Å². The van der Waals surface area contributed by atoms with Gasteiger partial charge in [-0.1, -0.05) is 48.0 Å². The van der Waals surface area contributed by atoms with Crippen LogP contribution in [0.5, 0.6) is 0 Å². The molecule has 4 heteroatoms. The lowest BCUT2D eigenvalue weighted by atomic mass is 10.0. The van der Waals surface area contributed by atoms with Crippen molar-refractivity contribution in [1.82, 2.24) is 10.2 Å². The Balaban J connectivity index is 1.49. The van der Waals surface area contributed by atoms with Gasteiger partial charge in [0.05, 0.1) is 6.10 Å². The lowest BCUT2D eigenvalue weighted by Crippen LogP contribution is -2.39. The van der Waals surface area contributed by atoms with Gasteiger partial charge in [-0.2, -0.15) is 0 Å². The first-order valence-electron chi connectivity index (χ1n) is 8.29. The summed E-state index contributed by atoms with van der Waals surface area (Å²) in [5.41, 5.74) is 3.49. The van der Waals surface area contributed by atoms with E-state index in [4.69, 9.17) is 11.6 Å². The van der Waals surface area contributed by atoms with Crippen LogP contribution in [-0.4, -0.2) is 29.1 Å². The number of rotatable bonds is 6. The Kier molecular flexibility index (Phi) is 5.56. The van der Waals surface area contributed by atoms with Gasteiger partial charge in [-0.15, -0.1) is 0 Å². The number of nitrogens with zero attached hydrogens (tertiary/aromatic N) is 1. The monoisotopic (exact) mass is 342 g/mol. The summed E-state index contributed by atoms with van der Waals surface area (Å²) in [6.07, 6.45) is 3.77. The maximum absolute atomic E-state index is 10.2. The van der Waals surface area contributed by atoms with Gasteiger partial charge in [0, 0.05) is 36.9 Å². The predicted molar refractivity (Wildman–Crippen MR) is 99.8 cm³/mol. The van der Waals surface area contributed by atoms with Crippen molar-refractivity contribution in [3.05, 3.63) is 76.4 Å². The lowest BCUT2D eigenvalue weighted by molar-refractivity contribution is 0.169. The summed E-state index contributed by atoms with van der Waals surface area (Å²) >= 11 is 5.97. The van der Waals surface area contributed by atoms with Gasteiger partial charge >= 0.3 is 0 Å². The molecule has 2 N–H and O–H groups in total. The highest BCUT2D eigenvalue weighted by Gasteiger charge is 2.16. The summed E-state index contributed by atoms with van der Waals surface area (Å²) in [5.74, 6) is 0. The van der Waals surface area contributed by atoms with Gasteiger partial charge in [-0.25, -0.2) is 0 Å². The van der Waals surface area contributed by atoms with Crippen LogP contribution in [0.4, 0.5) is 0 Å². The van der Waals surface area contributed by atoms with Crippen molar-refractivity contribution in [1.29, 1.82) is 0 Å². The van der Waals surface area contributed by atoms with Crippen LogP contribution in [0.1, 0.15) is 29.7 Å². The van der Waals surface area contributed by atoms with Gasteiger partial charge in [0.2, 0.25) is 0 Å². The Labute approximate surface area is 148 Å². The minimum atomic E-state index is -0.548. The highest BCUT2D eigenvalue weighted by molar-refractivity contribution is 6.30. The second-order valence-corrected chi connectivity index (χ2v) is 6.70. The molecule has 3 nitrogen and oxygen atoms in total. The molecule has 0 saturated heterocycles. The average Bonchev–Trinajstić information content (AvgIpc) is 2.61. The van der Waals surface area contributed by atoms with Gasteiger partial charge in [-0.3, -0.25) is 0 Å². The van der Waals surface area contributed by atoms with Crippen LogP contribution in [0.25, 0.3) is 6.08 Å². The summed E-state index contributed by atoms with van der Waals surface area (Å²) in [4.78, 5) is 2.32. The lowest BCUT2D eigenvalue weighted by Gasteiger charge is -2.31. The molecule has 0 aromatic heterocycles. The van der Waals surface area contributed by atoms with Crippen LogP contribution in [0.2, 0.25) is 5.02 Å². The zero-order chi connectivity index (χ0) is 16.9. The molecule has 2 atom stereocenters. The molecule has 1 aliphatic rings. The molecule has 0 saturated carbocycles. The predicted octanol–water partition coefficient (Wildman–Crippen LogP) is 3.84. The van der Waals surface area contributed by atoms with E-state index in [0.717, 1.165) is 18.7 Å². The van der Waals surface area contributed by atoms with Gasteiger partial charge in [0.25, 0.3) is 0 Å². The van der Waals surface area contributed by atoms with Crippen LogP contribution < -0.4 is 5.32 Å². The quantitative estimate of drug-likeness (QED) is 0.837. The van der Waals surface area contributed by atoms with E-state index in [2.05, 4.69) is 53.7 Å². The summed E-state index contributed by atoms with van der Waals surface area (Å²) in [6.45, 7) is 4.44. The third kappa shape index (κ3) is 4.18. The third-order valence-corrected chi connectivity index (χ3v) is 4.67. The number of benzene rings is 2. The van der Waals surface area contributed by atoms with E-state index >= 15 is 0 Å². The third-order valence-electron chi connectivity index (χ3n) is 4.43. The molecule has 2 aromatic rings. The van der Waals surface area contributed by atoms with Crippen molar-refractivity contribution in [2.24, 2.45) is 0 Å². The highest BCUT2D eigenvalue weighted by Crippen LogP contribution is 2.21.